The van der Waals surface area contributed by atoms with Gasteiger partial charge in [0.1, 0.15) is 4.90 Å². The van der Waals surface area contributed by atoms with E-state index in [1.807, 2.05) is 0 Å². The zero-order chi connectivity index (χ0) is 10.8. The molecular formula is C8H11N3O2S. The first-order chi connectivity index (χ1) is 6.43. The molecule has 0 aliphatic rings. The van der Waals surface area contributed by atoms with Crippen molar-refractivity contribution in [2.24, 2.45) is 5.73 Å². The van der Waals surface area contributed by atoms with Gasteiger partial charge in [-0.1, -0.05) is 0 Å². The van der Waals surface area contributed by atoms with E-state index in [0.29, 0.717) is 0 Å². The lowest BCUT2D eigenvalue weighted by atomic mass is 10.4. The van der Waals surface area contributed by atoms with Gasteiger partial charge in [0.05, 0.1) is 11.1 Å². The minimum absolute atomic E-state index is 0.0233. The van der Waals surface area contributed by atoms with Crippen LogP contribution in [0.25, 0.3) is 0 Å². The highest BCUT2D eigenvalue weighted by atomic mass is 32.2. The number of sulfone groups is 1. The smallest absolute Gasteiger partial charge is 0.205 e. The Labute approximate surface area is 82.4 Å². The van der Waals surface area contributed by atoms with Gasteiger partial charge in [0, 0.05) is 18.1 Å². The molecular weight excluding hydrogens is 202 g/mol. The van der Waals surface area contributed by atoms with Crippen LogP contribution in [0, 0.1) is 0 Å². The van der Waals surface area contributed by atoms with Crippen LogP contribution in [0.1, 0.15) is 6.92 Å². The van der Waals surface area contributed by atoms with E-state index in [4.69, 9.17) is 11.5 Å². The van der Waals surface area contributed by atoms with Crippen molar-refractivity contribution in [3.05, 3.63) is 29.6 Å². The van der Waals surface area contributed by atoms with Gasteiger partial charge < -0.3 is 11.5 Å². The molecule has 0 aliphatic heterocycles. The molecule has 1 heterocycles. The minimum Gasteiger partial charge on any atom is -0.402 e. The molecule has 0 atom stereocenters. The summed E-state index contributed by atoms with van der Waals surface area (Å²) >= 11 is 0. The Morgan fingerprint density at radius 2 is 2.21 bits per heavy atom. The molecule has 0 radical (unpaired) electrons. The molecule has 1 aromatic rings. The van der Waals surface area contributed by atoms with Crippen LogP contribution in [0.4, 0.5) is 5.69 Å². The molecule has 0 aromatic carbocycles. The van der Waals surface area contributed by atoms with Gasteiger partial charge in [-0.15, -0.1) is 0 Å². The highest BCUT2D eigenvalue weighted by molar-refractivity contribution is 7.94. The molecule has 76 valence electrons. The highest BCUT2D eigenvalue weighted by Gasteiger charge is 2.14. The number of anilines is 1. The van der Waals surface area contributed by atoms with Crippen LogP contribution in [0.15, 0.2) is 34.5 Å². The third-order valence-corrected chi connectivity index (χ3v) is 3.10. The van der Waals surface area contributed by atoms with Gasteiger partial charge >= 0.3 is 0 Å². The lowest BCUT2D eigenvalue weighted by molar-refractivity contribution is 0.604. The monoisotopic (exact) mass is 213 g/mol. The van der Waals surface area contributed by atoms with E-state index >= 15 is 0 Å². The first-order valence-electron chi connectivity index (χ1n) is 3.82. The lowest BCUT2D eigenvalue weighted by Gasteiger charge is -2.02. The van der Waals surface area contributed by atoms with Crippen molar-refractivity contribution in [2.45, 2.75) is 11.8 Å². The van der Waals surface area contributed by atoms with Gasteiger partial charge in [-0.2, -0.15) is 0 Å². The second-order valence-corrected chi connectivity index (χ2v) is 4.59. The molecule has 1 aromatic heterocycles. The maximum Gasteiger partial charge on any atom is 0.205 e. The van der Waals surface area contributed by atoms with Crippen molar-refractivity contribution in [3.63, 3.8) is 0 Å². The van der Waals surface area contributed by atoms with E-state index in [1.165, 1.54) is 25.4 Å². The van der Waals surface area contributed by atoms with Gasteiger partial charge in [0.2, 0.25) is 9.84 Å². The Morgan fingerprint density at radius 3 is 2.71 bits per heavy atom. The Hall–Kier alpha value is -1.56. The number of aromatic nitrogens is 1. The fraction of sp³-hybridized carbons (Fsp3) is 0.125. The molecule has 0 spiro atoms. The molecule has 0 bridgehead atoms. The summed E-state index contributed by atoms with van der Waals surface area (Å²) in [5, 5.41) is 0.959. The van der Waals surface area contributed by atoms with Gasteiger partial charge in [-0.3, -0.25) is 4.98 Å². The molecule has 0 aliphatic carbocycles. The lowest BCUT2D eigenvalue weighted by Crippen LogP contribution is -2.05. The molecule has 0 saturated heterocycles. The van der Waals surface area contributed by atoms with E-state index in [1.54, 1.807) is 0 Å². The molecule has 1 rings (SSSR count). The number of nitrogens with two attached hydrogens (primary N) is 2. The summed E-state index contributed by atoms with van der Waals surface area (Å²) in [6, 6.07) is 1.42. The van der Waals surface area contributed by atoms with Crippen molar-refractivity contribution in [1.82, 2.24) is 4.98 Å². The van der Waals surface area contributed by atoms with E-state index in [9.17, 15) is 8.42 Å². The summed E-state index contributed by atoms with van der Waals surface area (Å²) in [5.74, 6) is 0. The Balaban J connectivity index is 3.32. The normalized spacial score (nSPS) is 12.8. The highest BCUT2D eigenvalue weighted by Crippen LogP contribution is 2.18. The third-order valence-electron chi connectivity index (χ3n) is 1.46. The maximum atomic E-state index is 11.6. The standard InChI is InChI=1S/C8H11N3O2S/c1-6(9)5-14(12,13)8-4-11-3-2-7(8)10/h2-5H,9H2,1H3,(H2,10,11)/b6-5+. The van der Waals surface area contributed by atoms with Crippen LogP contribution in [0.2, 0.25) is 0 Å². The Kier molecular flexibility index (Phi) is 2.76. The molecule has 5 nitrogen and oxygen atoms in total. The first-order valence-corrected chi connectivity index (χ1v) is 5.36. The SMILES string of the molecule is C/C(N)=C\S(=O)(=O)c1cnccc1N. The van der Waals surface area contributed by atoms with Crippen LogP contribution < -0.4 is 11.5 Å². The summed E-state index contributed by atoms with van der Waals surface area (Å²) in [6.45, 7) is 1.49. The van der Waals surface area contributed by atoms with E-state index in [2.05, 4.69) is 4.98 Å². The van der Waals surface area contributed by atoms with Gasteiger partial charge in [0.15, 0.2) is 0 Å². The molecule has 0 saturated carbocycles. The van der Waals surface area contributed by atoms with Crippen LogP contribution in [-0.2, 0) is 9.84 Å². The van der Waals surface area contributed by atoms with Crippen LogP contribution in [0.3, 0.4) is 0 Å². The molecule has 0 fully saturated rings. The number of hydrogen-bond acceptors (Lipinski definition) is 5. The topological polar surface area (TPSA) is 99.1 Å². The number of nitrogens with zero attached hydrogens (tertiary/aromatic N) is 1. The number of pyridine rings is 1. The van der Waals surface area contributed by atoms with Crippen LogP contribution in [0.5, 0.6) is 0 Å². The minimum atomic E-state index is -3.56. The molecule has 4 N–H and O–H groups in total. The number of rotatable bonds is 2. The third kappa shape index (κ3) is 2.23. The van der Waals surface area contributed by atoms with Crippen molar-refractivity contribution < 1.29 is 8.42 Å². The van der Waals surface area contributed by atoms with Gasteiger partial charge in [-0.05, 0) is 13.0 Å². The largest absolute Gasteiger partial charge is 0.402 e. The van der Waals surface area contributed by atoms with Gasteiger partial charge in [0.25, 0.3) is 0 Å². The Morgan fingerprint density at radius 1 is 1.57 bits per heavy atom. The maximum absolute atomic E-state index is 11.6. The van der Waals surface area contributed by atoms with E-state index < -0.39 is 9.84 Å². The average molecular weight is 213 g/mol. The van der Waals surface area contributed by atoms with Crippen LogP contribution >= 0.6 is 0 Å². The fourth-order valence-corrected chi connectivity index (χ4v) is 2.16. The first kappa shape index (κ1) is 10.5. The predicted octanol–water partition coefficient (Wildman–Crippen LogP) is 0.258. The van der Waals surface area contributed by atoms with Crippen molar-refractivity contribution in [1.29, 1.82) is 0 Å². The van der Waals surface area contributed by atoms with E-state index in [0.717, 1.165) is 5.41 Å². The number of allylic oxidation sites excluding steroid dienone is 1. The second kappa shape index (κ2) is 3.67. The average Bonchev–Trinajstić information content (AvgIpc) is 2.02. The fourth-order valence-electron chi connectivity index (χ4n) is 0.937. The molecule has 0 unspecified atom stereocenters. The Bertz CT molecular complexity index is 461. The summed E-state index contributed by atoms with van der Waals surface area (Å²) in [4.78, 5) is 3.67. The summed E-state index contributed by atoms with van der Waals surface area (Å²) < 4.78 is 23.2. The summed E-state index contributed by atoms with van der Waals surface area (Å²) in [7, 11) is -3.56. The summed E-state index contributed by atoms with van der Waals surface area (Å²) in [5.41, 5.74) is 11.1. The zero-order valence-electron chi connectivity index (χ0n) is 7.64. The van der Waals surface area contributed by atoms with Crippen molar-refractivity contribution in [2.75, 3.05) is 5.73 Å². The number of nitrogen functional groups attached to an aromatic ring is 1. The molecule has 6 heteroatoms. The predicted molar refractivity (Wildman–Crippen MR) is 53.8 cm³/mol. The van der Waals surface area contributed by atoms with E-state index in [-0.39, 0.29) is 16.3 Å². The zero-order valence-corrected chi connectivity index (χ0v) is 8.45. The van der Waals surface area contributed by atoms with Crippen molar-refractivity contribution >= 4 is 15.5 Å². The number of hydrogen-bond donors (Lipinski definition) is 2. The molecule has 0 amide bonds. The quantitative estimate of drug-likeness (QED) is 0.734. The van der Waals surface area contributed by atoms with Crippen LogP contribution in [-0.4, -0.2) is 13.4 Å². The summed E-state index contributed by atoms with van der Waals surface area (Å²) in [6.07, 6.45) is 2.62. The van der Waals surface area contributed by atoms with Crippen molar-refractivity contribution in [3.8, 4) is 0 Å². The second-order valence-electron chi connectivity index (χ2n) is 2.82. The molecule has 14 heavy (non-hydrogen) atoms. The van der Waals surface area contributed by atoms with Gasteiger partial charge in [-0.25, -0.2) is 8.42 Å².